The Kier molecular flexibility index (Phi) is 4.89. The number of nitrogens with two attached hydrogens (primary N) is 1. The quantitative estimate of drug-likeness (QED) is 0.524. The number of aryl methyl sites for hydroxylation is 1. The zero-order chi connectivity index (χ0) is 17.2. The fraction of sp³-hybridized carbons (Fsp3) is 0.562. The van der Waals surface area contributed by atoms with Gasteiger partial charge in [0.1, 0.15) is 5.69 Å². The number of hydrogen-bond donors (Lipinski definition) is 1. The number of ether oxygens (including phenoxy) is 1. The summed E-state index contributed by atoms with van der Waals surface area (Å²) in [6.45, 7) is 4.89. The van der Waals surface area contributed by atoms with Crippen molar-refractivity contribution in [3.05, 3.63) is 33.4 Å². The number of hydrogen-bond acceptors (Lipinski definition) is 5. The van der Waals surface area contributed by atoms with Gasteiger partial charge in [-0.2, -0.15) is 0 Å². The molecule has 0 radical (unpaired) electrons. The van der Waals surface area contributed by atoms with Crippen LogP contribution in [0.25, 0.3) is 0 Å². The van der Waals surface area contributed by atoms with Crippen molar-refractivity contribution in [3.8, 4) is 0 Å². The van der Waals surface area contributed by atoms with Crippen molar-refractivity contribution < 1.29 is 14.5 Å². The Labute approximate surface area is 135 Å². The van der Waals surface area contributed by atoms with Gasteiger partial charge in [0.15, 0.2) is 0 Å². The lowest BCUT2D eigenvalue weighted by atomic mass is 9.97. The maximum absolute atomic E-state index is 12.8. The van der Waals surface area contributed by atoms with Gasteiger partial charge in [-0.3, -0.25) is 14.9 Å². The fourth-order valence-corrected chi connectivity index (χ4v) is 2.94. The summed E-state index contributed by atoms with van der Waals surface area (Å²) in [5, 5.41) is 11.1. The van der Waals surface area contributed by atoms with Crippen molar-refractivity contribution in [2.24, 2.45) is 0 Å². The number of amides is 1. The smallest absolute Gasteiger partial charge is 0.293 e. The summed E-state index contributed by atoms with van der Waals surface area (Å²) < 4.78 is 5.53. The van der Waals surface area contributed by atoms with Crippen LogP contribution in [0.5, 0.6) is 0 Å². The third kappa shape index (κ3) is 3.61. The fourth-order valence-electron chi connectivity index (χ4n) is 2.94. The molecule has 1 saturated heterocycles. The Hall–Kier alpha value is -2.15. The van der Waals surface area contributed by atoms with Crippen LogP contribution in [0.1, 0.15) is 42.1 Å². The maximum atomic E-state index is 12.8. The number of likely N-dealkylation sites (tertiary alicyclic amines) is 1. The molecule has 2 N–H and O–H groups in total. The van der Waals surface area contributed by atoms with Gasteiger partial charge in [0.25, 0.3) is 11.6 Å². The van der Waals surface area contributed by atoms with E-state index in [1.807, 2.05) is 6.92 Å². The number of carbonyl (C=O) groups is 1. The molecule has 2 rings (SSSR count). The molecular formula is C16H23N3O4. The maximum Gasteiger partial charge on any atom is 0.293 e. The molecule has 1 amide bonds. The average molecular weight is 321 g/mol. The minimum atomic E-state index is -0.552. The topological polar surface area (TPSA) is 98.7 Å². The van der Waals surface area contributed by atoms with Crippen LogP contribution in [0.2, 0.25) is 0 Å². The second-order valence-electron chi connectivity index (χ2n) is 6.30. The van der Waals surface area contributed by atoms with E-state index < -0.39 is 4.92 Å². The number of anilines is 1. The molecule has 1 heterocycles. The summed E-state index contributed by atoms with van der Waals surface area (Å²) >= 11 is 0. The van der Waals surface area contributed by atoms with Gasteiger partial charge in [0.05, 0.1) is 16.1 Å². The van der Waals surface area contributed by atoms with Crippen LogP contribution in [-0.4, -0.2) is 41.5 Å². The lowest BCUT2D eigenvalue weighted by Gasteiger charge is -2.26. The first-order valence-corrected chi connectivity index (χ1v) is 7.66. The molecule has 1 aliphatic rings. The lowest BCUT2D eigenvalue weighted by Crippen LogP contribution is -2.34. The molecule has 0 aliphatic carbocycles. The summed E-state index contributed by atoms with van der Waals surface area (Å²) in [5.41, 5.74) is 6.20. The van der Waals surface area contributed by atoms with Gasteiger partial charge in [0, 0.05) is 26.3 Å². The average Bonchev–Trinajstić information content (AvgIpc) is 2.71. The molecule has 0 spiro atoms. The number of nitro benzene ring substituents is 1. The third-order valence-corrected chi connectivity index (χ3v) is 4.55. The standard InChI is InChI=1S/C16H23N3O4/c1-11-9-12(14(17)13(10-11)19(21)22)15(20)18-7-4-5-16(2,23-3)6-8-18/h9-10H,4-8,17H2,1-3H3/t16-/m1/s1. The first-order chi connectivity index (χ1) is 10.8. The number of benzene rings is 1. The minimum Gasteiger partial charge on any atom is -0.393 e. The Morgan fingerprint density at radius 1 is 1.39 bits per heavy atom. The monoisotopic (exact) mass is 321 g/mol. The summed E-state index contributed by atoms with van der Waals surface area (Å²) in [4.78, 5) is 25.0. The molecule has 1 aliphatic heterocycles. The molecule has 1 atom stereocenters. The van der Waals surface area contributed by atoms with Crippen molar-refractivity contribution in [1.29, 1.82) is 0 Å². The van der Waals surface area contributed by atoms with E-state index in [0.29, 0.717) is 18.7 Å². The summed E-state index contributed by atoms with van der Waals surface area (Å²) in [7, 11) is 1.68. The van der Waals surface area contributed by atoms with Gasteiger partial charge in [0.2, 0.25) is 0 Å². The zero-order valence-electron chi connectivity index (χ0n) is 13.8. The van der Waals surface area contributed by atoms with Crippen LogP contribution in [-0.2, 0) is 4.74 Å². The van der Waals surface area contributed by atoms with E-state index in [1.54, 1.807) is 25.0 Å². The second kappa shape index (κ2) is 6.54. The highest BCUT2D eigenvalue weighted by Gasteiger charge is 2.31. The van der Waals surface area contributed by atoms with Crippen molar-refractivity contribution >= 4 is 17.3 Å². The second-order valence-corrected chi connectivity index (χ2v) is 6.30. The number of nitrogens with zero attached hydrogens (tertiary/aromatic N) is 2. The summed E-state index contributed by atoms with van der Waals surface area (Å²) in [6.07, 6.45) is 2.42. The minimum absolute atomic E-state index is 0.0654. The molecule has 0 saturated carbocycles. The molecule has 0 bridgehead atoms. The largest absolute Gasteiger partial charge is 0.393 e. The van der Waals surface area contributed by atoms with Gasteiger partial charge in [-0.05, 0) is 44.7 Å². The van der Waals surface area contributed by atoms with Crippen LogP contribution < -0.4 is 5.73 Å². The van der Waals surface area contributed by atoms with E-state index in [0.717, 1.165) is 19.3 Å². The van der Waals surface area contributed by atoms with Crippen LogP contribution in [0.15, 0.2) is 12.1 Å². The van der Waals surface area contributed by atoms with Gasteiger partial charge >= 0.3 is 0 Å². The molecule has 1 fully saturated rings. The van der Waals surface area contributed by atoms with Gasteiger partial charge in [-0.15, -0.1) is 0 Å². The lowest BCUT2D eigenvalue weighted by molar-refractivity contribution is -0.384. The number of carbonyl (C=O) groups excluding carboxylic acids is 1. The molecule has 7 nitrogen and oxygen atoms in total. The molecule has 7 heteroatoms. The van der Waals surface area contributed by atoms with E-state index in [1.165, 1.54) is 6.07 Å². The van der Waals surface area contributed by atoms with Crippen molar-refractivity contribution in [1.82, 2.24) is 4.90 Å². The Morgan fingerprint density at radius 2 is 2.09 bits per heavy atom. The van der Waals surface area contributed by atoms with E-state index in [4.69, 9.17) is 10.5 Å². The molecule has 1 aromatic rings. The third-order valence-electron chi connectivity index (χ3n) is 4.55. The molecule has 0 unspecified atom stereocenters. The van der Waals surface area contributed by atoms with Crippen molar-refractivity contribution in [2.45, 2.75) is 38.7 Å². The predicted octanol–water partition coefficient (Wildman–Crippen LogP) is 2.52. The normalized spacial score (nSPS) is 21.8. The summed E-state index contributed by atoms with van der Waals surface area (Å²) in [6, 6.07) is 3.00. The van der Waals surface area contributed by atoms with Crippen LogP contribution >= 0.6 is 0 Å². The number of rotatable bonds is 3. The molecule has 0 aromatic heterocycles. The van der Waals surface area contributed by atoms with Crippen molar-refractivity contribution in [2.75, 3.05) is 25.9 Å². The summed E-state index contributed by atoms with van der Waals surface area (Å²) in [5.74, 6) is -0.255. The first-order valence-electron chi connectivity index (χ1n) is 7.66. The van der Waals surface area contributed by atoms with Crippen LogP contribution in [0.3, 0.4) is 0 Å². The Morgan fingerprint density at radius 3 is 2.70 bits per heavy atom. The molecule has 126 valence electrons. The Balaban J connectivity index is 2.29. The van der Waals surface area contributed by atoms with E-state index in [2.05, 4.69) is 0 Å². The molecule has 1 aromatic carbocycles. The first kappa shape index (κ1) is 17.2. The molecule has 23 heavy (non-hydrogen) atoms. The highest BCUT2D eigenvalue weighted by atomic mass is 16.6. The van der Waals surface area contributed by atoms with Gasteiger partial charge in [-0.25, -0.2) is 0 Å². The van der Waals surface area contributed by atoms with Crippen LogP contribution in [0, 0.1) is 17.0 Å². The van der Waals surface area contributed by atoms with Gasteiger partial charge in [-0.1, -0.05) is 0 Å². The highest BCUT2D eigenvalue weighted by molar-refractivity contribution is 6.01. The van der Waals surface area contributed by atoms with Crippen molar-refractivity contribution in [3.63, 3.8) is 0 Å². The SMILES string of the molecule is CO[C@]1(C)CCCN(C(=O)c2cc(C)cc([N+](=O)[O-])c2N)CC1. The molecular weight excluding hydrogens is 298 g/mol. The number of nitro groups is 1. The highest BCUT2D eigenvalue weighted by Crippen LogP contribution is 2.30. The Bertz CT molecular complexity index is 632. The van der Waals surface area contributed by atoms with E-state index in [-0.39, 0.29) is 28.4 Å². The van der Waals surface area contributed by atoms with E-state index in [9.17, 15) is 14.9 Å². The zero-order valence-corrected chi connectivity index (χ0v) is 13.8. The number of methoxy groups -OCH3 is 1. The van der Waals surface area contributed by atoms with Gasteiger partial charge < -0.3 is 15.4 Å². The number of nitrogen functional groups attached to an aromatic ring is 1. The van der Waals surface area contributed by atoms with E-state index >= 15 is 0 Å². The predicted molar refractivity (Wildman–Crippen MR) is 87.4 cm³/mol. The van der Waals surface area contributed by atoms with Crippen LogP contribution in [0.4, 0.5) is 11.4 Å².